The fourth-order valence-corrected chi connectivity index (χ4v) is 8.20. The van der Waals surface area contributed by atoms with Gasteiger partial charge in [0.15, 0.2) is 5.78 Å². The Hall–Kier alpha value is -1.95. The summed E-state index contributed by atoms with van der Waals surface area (Å²) in [6.07, 6.45) is 2.40. The maximum Gasteiger partial charge on any atom is 0.166 e. The Morgan fingerprint density at radius 2 is 1.40 bits per heavy atom. The highest BCUT2D eigenvalue weighted by molar-refractivity contribution is 7.88. The van der Waals surface area contributed by atoms with E-state index in [9.17, 15) is 4.79 Å². The van der Waals surface area contributed by atoms with Crippen LogP contribution >= 0.6 is 18.9 Å². The number of Topliss-reactive ketones (excluding diaryl/α,β-unsaturated/α-hetero) is 1. The van der Waals surface area contributed by atoms with Crippen molar-refractivity contribution in [3.63, 3.8) is 0 Å². The standard InChI is InChI=1S/C22H19ClOP/c23-18-12-11-17-16-25(19-7-3-1-4-8-19,20-9-5-2-6-10-20)14-13-22(24)21(17)15-18/h1-12,15H,13-14,16H2/q+1. The van der Waals surface area contributed by atoms with Gasteiger partial charge in [0.1, 0.15) is 0 Å². The van der Waals surface area contributed by atoms with Crippen molar-refractivity contribution < 1.29 is 4.79 Å². The van der Waals surface area contributed by atoms with E-state index in [1.54, 1.807) is 0 Å². The highest BCUT2D eigenvalue weighted by Gasteiger charge is 2.45. The summed E-state index contributed by atoms with van der Waals surface area (Å²) in [5, 5.41) is 3.38. The smallest absolute Gasteiger partial charge is 0.166 e. The van der Waals surface area contributed by atoms with E-state index >= 15 is 0 Å². The molecule has 3 aromatic rings. The lowest BCUT2D eigenvalue weighted by Gasteiger charge is -2.26. The van der Waals surface area contributed by atoms with Gasteiger partial charge in [-0.3, -0.25) is 4.79 Å². The predicted octanol–water partition coefficient (Wildman–Crippen LogP) is 5.10. The summed E-state index contributed by atoms with van der Waals surface area (Å²) in [6, 6.07) is 27.2. The molecule has 0 fully saturated rings. The average molecular weight is 366 g/mol. The minimum Gasteiger partial charge on any atom is -0.294 e. The van der Waals surface area contributed by atoms with Gasteiger partial charge in [0.25, 0.3) is 0 Å². The number of rotatable bonds is 2. The lowest BCUT2D eigenvalue weighted by atomic mass is 10.0. The largest absolute Gasteiger partial charge is 0.294 e. The number of halogens is 1. The van der Waals surface area contributed by atoms with Gasteiger partial charge >= 0.3 is 0 Å². The topological polar surface area (TPSA) is 17.1 Å². The Bertz CT molecular complexity index is 866. The number of carbonyl (C=O) groups is 1. The molecule has 0 aliphatic carbocycles. The van der Waals surface area contributed by atoms with Crippen molar-refractivity contribution >= 4 is 35.3 Å². The van der Waals surface area contributed by atoms with E-state index in [-0.39, 0.29) is 5.78 Å². The van der Waals surface area contributed by atoms with Crippen LogP contribution in [0.2, 0.25) is 5.02 Å². The molecule has 1 aliphatic heterocycles. The maximum absolute atomic E-state index is 12.8. The Labute approximate surface area is 154 Å². The number of fused-ring (bicyclic) bond motifs is 1. The zero-order chi connectivity index (χ0) is 17.3. The molecule has 0 saturated heterocycles. The molecule has 25 heavy (non-hydrogen) atoms. The molecule has 0 amide bonds. The van der Waals surface area contributed by atoms with E-state index in [2.05, 4.69) is 60.7 Å². The second-order valence-corrected chi connectivity index (χ2v) is 10.7. The molecule has 4 rings (SSSR count). The highest BCUT2D eigenvalue weighted by Crippen LogP contribution is 2.61. The van der Waals surface area contributed by atoms with E-state index in [4.69, 9.17) is 11.6 Å². The molecular weight excluding hydrogens is 347 g/mol. The van der Waals surface area contributed by atoms with Crippen LogP contribution in [0.5, 0.6) is 0 Å². The summed E-state index contributed by atoms with van der Waals surface area (Å²) in [7, 11) is -1.69. The molecule has 3 heteroatoms. The highest BCUT2D eigenvalue weighted by atomic mass is 35.5. The summed E-state index contributed by atoms with van der Waals surface area (Å²) in [5.41, 5.74) is 1.94. The SMILES string of the molecule is O=C1CC[P+](c2ccccc2)(c2ccccc2)Cc2ccc(Cl)cc21. The molecule has 0 saturated carbocycles. The predicted molar refractivity (Wildman–Crippen MR) is 108 cm³/mol. The maximum atomic E-state index is 12.8. The number of benzene rings is 3. The Kier molecular flexibility index (Phi) is 4.46. The summed E-state index contributed by atoms with van der Waals surface area (Å²) in [5.74, 6) is 0.214. The van der Waals surface area contributed by atoms with Crippen LogP contribution in [-0.4, -0.2) is 11.9 Å². The molecule has 1 aliphatic rings. The monoisotopic (exact) mass is 365 g/mol. The van der Waals surface area contributed by atoms with Crippen molar-refractivity contribution in [1.29, 1.82) is 0 Å². The molecule has 1 nitrogen and oxygen atoms in total. The minimum atomic E-state index is -1.69. The second-order valence-electron chi connectivity index (χ2n) is 6.50. The molecule has 124 valence electrons. The van der Waals surface area contributed by atoms with Crippen LogP contribution in [0.1, 0.15) is 22.3 Å². The van der Waals surface area contributed by atoms with Gasteiger partial charge in [-0.15, -0.1) is 0 Å². The fourth-order valence-electron chi connectivity index (χ4n) is 3.76. The van der Waals surface area contributed by atoms with E-state index in [1.807, 2.05) is 18.2 Å². The van der Waals surface area contributed by atoms with Crippen LogP contribution in [0.3, 0.4) is 0 Å². The van der Waals surface area contributed by atoms with Gasteiger partial charge in [-0.1, -0.05) is 54.1 Å². The van der Waals surface area contributed by atoms with Gasteiger partial charge in [0.2, 0.25) is 0 Å². The third kappa shape index (κ3) is 3.03. The van der Waals surface area contributed by atoms with Crippen LogP contribution in [0.4, 0.5) is 0 Å². The Balaban J connectivity index is 1.93. The molecule has 1 heterocycles. The van der Waals surface area contributed by atoms with Gasteiger partial charge in [-0.25, -0.2) is 0 Å². The van der Waals surface area contributed by atoms with Crippen LogP contribution in [0, 0.1) is 0 Å². The minimum absolute atomic E-state index is 0.214. The van der Waals surface area contributed by atoms with E-state index in [1.165, 1.54) is 10.6 Å². The molecular formula is C22H19ClOP+. The van der Waals surface area contributed by atoms with Gasteiger partial charge in [0.05, 0.1) is 30.2 Å². The molecule has 0 bridgehead atoms. The first-order valence-electron chi connectivity index (χ1n) is 8.49. The first kappa shape index (κ1) is 16.5. The summed E-state index contributed by atoms with van der Waals surface area (Å²) >= 11 is 6.16. The molecule has 0 N–H and O–H groups in total. The molecule has 3 aromatic carbocycles. The fraction of sp³-hybridized carbons (Fsp3) is 0.136. The summed E-state index contributed by atoms with van der Waals surface area (Å²) in [6.45, 7) is 0. The summed E-state index contributed by atoms with van der Waals surface area (Å²) < 4.78 is 0. The lowest BCUT2D eigenvalue weighted by molar-refractivity contribution is 0.0989. The normalized spacial score (nSPS) is 16.1. The third-order valence-electron chi connectivity index (χ3n) is 5.03. The molecule has 0 spiro atoms. The van der Waals surface area contributed by atoms with Crippen molar-refractivity contribution in [2.24, 2.45) is 0 Å². The van der Waals surface area contributed by atoms with Gasteiger partial charge in [0, 0.05) is 22.6 Å². The van der Waals surface area contributed by atoms with Gasteiger partial charge in [-0.05, 0) is 36.4 Å². The number of hydrogen-bond acceptors (Lipinski definition) is 1. The van der Waals surface area contributed by atoms with Gasteiger partial charge in [-0.2, -0.15) is 0 Å². The Morgan fingerprint density at radius 1 is 0.800 bits per heavy atom. The van der Waals surface area contributed by atoms with E-state index < -0.39 is 7.26 Å². The van der Waals surface area contributed by atoms with E-state index in [0.29, 0.717) is 11.4 Å². The number of hydrogen-bond donors (Lipinski definition) is 0. The van der Waals surface area contributed by atoms with Crippen molar-refractivity contribution in [1.82, 2.24) is 0 Å². The quantitative estimate of drug-likeness (QED) is 0.578. The van der Waals surface area contributed by atoms with E-state index in [0.717, 1.165) is 23.5 Å². The zero-order valence-corrected chi connectivity index (χ0v) is 15.5. The zero-order valence-electron chi connectivity index (χ0n) is 13.9. The van der Waals surface area contributed by atoms with Crippen LogP contribution in [0.15, 0.2) is 78.9 Å². The van der Waals surface area contributed by atoms with Crippen molar-refractivity contribution in [2.45, 2.75) is 12.6 Å². The number of carbonyl (C=O) groups excluding carboxylic acids is 1. The van der Waals surface area contributed by atoms with Crippen molar-refractivity contribution in [2.75, 3.05) is 6.16 Å². The van der Waals surface area contributed by atoms with Crippen LogP contribution in [0.25, 0.3) is 0 Å². The van der Waals surface area contributed by atoms with Gasteiger partial charge < -0.3 is 0 Å². The molecule has 0 unspecified atom stereocenters. The molecule has 0 atom stereocenters. The van der Waals surface area contributed by atoms with Crippen molar-refractivity contribution in [3.05, 3.63) is 95.0 Å². The summed E-state index contributed by atoms with van der Waals surface area (Å²) in [4.78, 5) is 12.8. The Morgan fingerprint density at radius 3 is 2.00 bits per heavy atom. The van der Waals surface area contributed by atoms with Crippen LogP contribution in [-0.2, 0) is 6.16 Å². The third-order valence-corrected chi connectivity index (χ3v) is 9.71. The van der Waals surface area contributed by atoms with Crippen molar-refractivity contribution in [3.8, 4) is 0 Å². The first-order chi connectivity index (χ1) is 12.2. The second kappa shape index (κ2) is 6.75. The first-order valence-corrected chi connectivity index (χ1v) is 11.0. The molecule has 0 aromatic heterocycles. The lowest BCUT2D eigenvalue weighted by Crippen LogP contribution is -2.26. The van der Waals surface area contributed by atoms with Crippen LogP contribution < -0.4 is 10.6 Å². The average Bonchev–Trinajstić information content (AvgIpc) is 2.81. The number of ketones is 1. The molecule has 0 radical (unpaired) electrons.